The van der Waals surface area contributed by atoms with Crippen molar-refractivity contribution in [1.29, 1.82) is 0 Å². The molecule has 2 aromatic rings. The minimum Gasteiger partial charge on any atom is -0.454 e. The van der Waals surface area contributed by atoms with Gasteiger partial charge in [-0.3, -0.25) is 0 Å². The van der Waals surface area contributed by atoms with Gasteiger partial charge in [0.05, 0.1) is 0 Å². The molecule has 0 radical (unpaired) electrons. The smallest absolute Gasteiger partial charge is 0.247 e. The van der Waals surface area contributed by atoms with Crippen LogP contribution in [0.25, 0.3) is 11.5 Å². The number of aromatic nitrogens is 2. The van der Waals surface area contributed by atoms with Gasteiger partial charge in [-0.25, -0.2) is 0 Å². The largest absolute Gasteiger partial charge is 0.454 e. The Labute approximate surface area is 117 Å². The van der Waals surface area contributed by atoms with E-state index in [9.17, 15) is 0 Å². The standard InChI is InChI=1S/C14H17N3O3/c1-2-6-15-7-5-13-16-17-14(20-13)10-3-4-11-12(8-10)19-9-18-11/h3-4,8,15H,2,5-7,9H2,1H3. The van der Waals surface area contributed by atoms with E-state index >= 15 is 0 Å². The van der Waals surface area contributed by atoms with Crippen molar-refractivity contribution in [2.24, 2.45) is 0 Å². The van der Waals surface area contributed by atoms with Crippen LogP contribution in [0.1, 0.15) is 19.2 Å². The van der Waals surface area contributed by atoms with Crippen molar-refractivity contribution in [3.63, 3.8) is 0 Å². The van der Waals surface area contributed by atoms with Crippen LogP contribution < -0.4 is 14.8 Å². The number of ether oxygens (including phenoxy) is 2. The Balaban J connectivity index is 1.67. The summed E-state index contributed by atoms with van der Waals surface area (Å²) >= 11 is 0. The average Bonchev–Trinajstić information content (AvgIpc) is 3.11. The fourth-order valence-corrected chi connectivity index (χ4v) is 2.00. The first-order valence-corrected chi connectivity index (χ1v) is 6.80. The Morgan fingerprint density at radius 1 is 1.15 bits per heavy atom. The number of nitrogens with zero attached hydrogens (tertiary/aromatic N) is 2. The quantitative estimate of drug-likeness (QED) is 0.813. The van der Waals surface area contributed by atoms with Crippen LogP contribution in [0.5, 0.6) is 11.5 Å². The predicted octanol–water partition coefficient (Wildman–Crippen LogP) is 2.01. The summed E-state index contributed by atoms with van der Waals surface area (Å²) in [6, 6.07) is 5.60. The van der Waals surface area contributed by atoms with Gasteiger partial charge in [0.15, 0.2) is 11.5 Å². The molecular weight excluding hydrogens is 258 g/mol. The van der Waals surface area contributed by atoms with Gasteiger partial charge in [-0.1, -0.05) is 6.92 Å². The van der Waals surface area contributed by atoms with Crippen molar-refractivity contribution in [3.05, 3.63) is 24.1 Å². The van der Waals surface area contributed by atoms with E-state index in [4.69, 9.17) is 13.9 Å². The van der Waals surface area contributed by atoms with Gasteiger partial charge < -0.3 is 19.2 Å². The molecule has 6 heteroatoms. The Morgan fingerprint density at radius 2 is 2.05 bits per heavy atom. The molecule has 0 fully saturated rings. The molecule has 1 aromatic carbocycles. The van der Waals surface area contributed by atoms with Crippen LogP contribution >= 0.6 is 0 Å². The molecule has 0 amide bonds. The lowest BCUT2D eigenvalue weighted by Crippen LogP contribution is -2.17. The summed E-state index contributed by atoms with van der Waals surface area (Å²) in [5, 5.41) is 11.4. The zero-order valence-electron chi connectivity index (χ0n) is 11.4. The van der Waals surface area contributed by atoms with E-state index in [1.165, 1.54) is 0 Å². The van der Waals surface area contributed by atoms with Crippen molar-refractivity contribution in [1.82, 2.24) is 15.5 Å². The molecule has 0 atom stereocenters. The Hall–Kier alpha value is -2.08. The third-order valence-corrected chi connectivity index (χ3v) is 3.03. The monoisotopic (exact) mass is 275 g/mol. The second kappa shape index (κ2) is 5.92. The maximum Gasteiger partial charge on any atom is 0.247 e. The van der Waals surface area contributed by atoms with E-state index in [1.807, 2.05) is 18.2 Å². The van der Waals surface area contributed by atoms with E-state index in [1.54, 1.807) is 0 Å². The van der Waals surface area contributed by atoms with Gasteiger partial charge in [-0.2, -0.15) is 0 Å². The molecule has 106 valence electrons. The van der Waals surface area contributed by atoms with E-state index in [2.05, 4.69) is 22.4 Å². The summed E-state index contributed by atoms with van der Waals surface area (Å²) in [5.41, 5.74) is 0.842. The fraction of sp³-hybridized carbons (Fsp3) is 0.429. The van der Waals surface area contributed by atoms with E-state index < -0.39 is 0 Å². The highest BCUT2D eigenvalue weighted by Crippen LogP contribution is 2.35. The van der Waals surface area contributed by atoms with E-state index in [0.29, 0.717) is 17.5 Å². The molecule has 0 spiro atoms. The minimum atomic E-state index is 0.261. The van der Waals surface area contributed by atoms with Crippen molar-refractivity contribution >= 4 is 0 Å². The maximum atomic E-state index is 5.65. The van der Waals surface area contributed by atoms with Gasteiger partial charge in [0, 0.05) is 18.5 Å². The van der Waals surface area contributed by atoms with Crippen LogP contribution in [0.3, 0.4) is 0 Å². The Bertz CT molecular complexity index is 583. The lowest BCUT2D eigenvalue weighted by molar-refractivity contribution is 0.174. The molecule has 2 heterocycles. The molecule has 3 rings (SSSR count). The first-order chi connectivity index (χ1) is 9.86. The highest BCUT2D eigenvalue weighted by atomic mass is 16.7. The minimum absolute atomic E-state index is 0.261. The highest BCUT2D eigenvalue weighted by Gasteiger charge is 2.16. The fourth-order valence-electron chi connectivity index (χ4n) is 2.00. The second-order valence-corrected chi connectivity index (χ2v) is 4.57. The molecule has 0 bridgehead atoms. The van der Waals surface area contributed by atoms with Gasteiger partial charge in [-0.05, 0) is 31.2 Å². The SMILES string of the molecule is CCCNCCc1nnc(-c2ccc3c(c2)OCO3)o1. The van der Waals surface area contributed by atoms with Gasteiger partial charge in [0.1, 0.15) is 0 Å². The third-order valence-electron chi connectivity index (χ3n) is 3.03. The number of hydrogen-bond donors (Lipinski definition) is 1. The van der Waals surface area contributed by atoms with Gasteiger partial charge >= 0.3 is 0 Å². The van der Waals surface area contributed by atoms with Crippen LogP contribution in [-0.2, 0) is 6.42 Å². The van der Waals surface area contributed by atoms with Gasteiger partial charge in [-0.15, -0.1) is 10.2 Å². The lowest BCUT2D eigenvalue weighted by Gasteiger charge is -1.99. The zero-order valence-corrected chi connectivity index (χ0v) is 11.4. The number of benzene rings is 1. The molecule has 1 aliphatic heterocycles. The molecule has 1 N–H and O–H groups in total. The summed E-state index contributed by atoms with van der Waals surface area (Å²) < 4.78 is 16.3. The van der Waals surface area contributed by atoms with E-state index in [-0.39, 0.29) is 6.79 Å². The number of hydrogen-bond acceptors (Lipinski definition) is 6. The van der Waals surface area contributed by atoms with Crippen molar-refractivity contribution < 1.29 is 13.9 Å². The first kappa shape index (κ1) is 12.9. The lowest BCUT2D eigenvalue weighted by atomic mass is 10.2. The second-order valence-electron chi connectivity index (χ2n) is 4.57. The van der Waals surface area contributed by atoms with Gasteiger partial charge in [0.25, 0.3) is 0 Å². The summed E-state index contributed by atoms with van der Waals surface area (Å²) in [7, 11) is 0. The van der Waals surface area contributed by atoms with E-state index in [0.717, 1.165) is 37.2 Å². The summed E-state index contributed by atoms with van der Waals surface area (Å²) in [6.45, 7) is 4.24. The van der Waals surface area contributed by atoms with Crippen LogP contribution in [-0.4, -0.2) is 30.1 Å². The molecule has 0 saturated carbocycles. The summed E-state index contributed by atoms with van der Waals surface area (Å²) in [5.74, 6) is 2.61. The third kappa shape index (κ3) is 2.75. The molecule has 0 saturated heterocycles. The van der Waals surface area contributed by atoms with Crippen molar-refractivity contribution in [3.8, 4) is 23.0 Å². The zero-order chi connectivity index (χ0) is 13.8. The number of fused-ring (bicyclic) bond motifs is 1. The molecule has 20 heavy (non-hydrogen) atoms. The van der Waals surface area contributed by atoms with Crippen LogP contribution in [0.4, 0.5) is 0 Å². The van der Waals surface area contributed by atoms with Crippen LogP contribution in [0.15, 0.2) is 22.6 Å². The summed E-state index contributed by atoms with van der Waals surface area (Å²) in [6.07, 6.45) is 1.85. The molecule has 6 nitrogen and oxygen atoms in total. The first-order valence-electron chi connectivity index (χ1n) is 6.80. The molecule has 1 aromatic heterocycles. The Morgan fingerprint density at radius 3 is 2.95 bits per heavy atom. The normalized spacial score (nSPS) is 12.8. The summed E-state index contributed by atoms with van der Waals surface area (Å²) in [4.78, 5) is 0. The Kier molecular flexibility index (Phi) is 3.83. The van der Waals surface area contributed by atoms with Crippen molar-refractivity contribution in [2.45, 2.75) is 19.8 Å². The molecule has 0 aliphatic carbocycles. The average molecular weight is 275 g/mol. The molecular formula is C14H17N3O3. The predicted molar refractivity (Wildman–Crippen MR) is 72.7 cm³/mol. The van der Waals surface area contributed by atoms with Crippen LogP contribution in [0.2, 0.25) is 0 Å². The van der Waals surface area contributed by atoms with Crippen LogP contribution in [0, 0.1) is 0 Å². The molecule has 1 aliphatic rings. The topological polar surface area (TPSA) is 69.4 Å². The number of rotatable bonds is 6. The number of nitrogens with one attached hydrogen (secondary N) is 1. The van der Waals surface area contributed by atoms with Crippen molar-refractivity contribution in [2.75, 3.05) is 19.9 Å². The van der Waals surface area contributed by atoms with Gasteiger partial charge in [0.2, 0.25) is 18.6 Å². The highest BCUT2D eigenvalue weighted by molar-refractivity contribution is 5.60. The maximum absolute atomic E-state index is 5.65. The molecule has 0 unspecified atom stereocenters.